The van der Waals surface area contributed by atoms with Gasteiger partial charge in [0.2, 0.25) is 0 Å². The summed E-state index contributed by atoms with van der Waals surface area (Å²) in [7, 11) is 0. The molecule has 0 bridgehead atoms. The highest BCUT2D eigenvalue weighted by Gasteiger charge is 2.06. The molecule has 19 heavy (non-hydrogen) atoms. The first-order chi connectivity index (χ1) is 9.06. The zero-order valence-electron chi connectivity index (χ0n) is 12.3. The molecule has 1 aromatic carbocycles. The van der Waals surface area contributed by atoms with Crippen LogP contribution < -0.4 is 5.32 Å². The van der Waals surface area contributed by atoms with Gasteiger partial charge < -0.3 is 5.32 Å². The predicted octanol–water partition coefficient (Wildman–Crippen LogP) is 3.23. The van der Waals surface area contributed by atoms with Crippen molar-refractivity contribution in [3.05, 3.63) is 47.3 Å². The van der Waals surface area contributed by atoms with Crippen LogP contribution in [0.4, 0.5) is 0 Å². The van der Waals surface area contributed by atoms with E-state index in [9.17, 15) is 0 Å². The first-order valence-corrected chi connectivity index (χ1v) is 6.88. The van der Waals surface area contributed by atoms with Gasteiger partial charge in [-0.05, 0) is 43.5 Å². The number of aromatic nitrogens is 2. The Balaban J connectivity index is 2.23. The highest BCUT2D eigenvalue weighted by Crippen LogP contribution is 2.16. The normalized spacial score (nSPS) is 11.2. The maximum Gasteiger partial charge on any atom is 0.0690 e. The molecular weight excluding hydrogens is 234 g/mol. The van der Waals surface area contributed by atoms with Gasteiger partial charge in [-0.3, -0.25) is 0 Å². The lowest BCUT2D eigenvalue weighted by atomic mass is 10.1. The van der Waals surface area contributed by atoms with Crippen molar-refractivity contribution in [2.24, 2.45) is 5.92 Å². The zero-order valence-corrected chi connectivity index (χ0v) is 12.3. The van der Waals surface area contributed by atoms with E-state index in [4.69, 9.17) is 0 Å². The van der Waals surface area contributed by atoms with Crippen LogP contribution in [0.25, 0.3) is 5.69 Å². The molecule has 1 aromatic heterocycles. The highest BCUT2D eigenvalue weighted by molar-refractivity contribution is 5.43. The third-order valence-electron chi connectivity index (χ3n) is 3.06. The Hall–Kier alpha value is -1.61. The van der Waals surface area contributed by atoms with Crippen molar-refractivity contribution in [1.29, 1.82) is 0 Å². The fourth-order valence-electron chi connectivity index (χ4n) is 2.12. The number of nitrogens with zero attached hydrogens (tertiary/aromatic N) is 2. The van der Waals surface area contributed by atoms with Crippen LogP contribution in [0.15, 0.2) is 30.6 Å². The van der Waals surface area contributed by atoms with E-state index in [0.717, 1.165) is 18.8 Å². The second-order valence-electron chi connectivity index (χ2n) is 5.62. The summed E-state index contributed by atoms with van der Waals surface area (Å²) < 4.78 is 1.96. The van der Waals surface area contributed by atoms with E-state index < -0.39 is 0 Å². The Morgan fingerprint density at radius 2 is 2.00 bits per heavy atom. The Morgan fingerprint density at radius 1 is 1.21 bits per heavy atom. The number of hydrogen-bond donors (Lipinski definition) is 1. The molecule has 0 amide bonds. The lowest BCUT2D eigenvalue weighted by Crippen LogP contribution is -2.20. The van der Waals surface area contributed by atoms with E-state index in [1.807, 2.05) is 10.9 Å². The third kappa shape index (κ3) is 3.67. The van der Waals surface area contributed by atoms with Crippen LogP contribution in [0.1, 0.15) is 30.5 Å². The van der Waals surface area contributed by atoms with Crippen LogP contribution in [0, 0.1) is 19.8 Å². The van der Waals surface area contributed by atoms with Gasteiger partial charge in [-0.25, -0.2) is 4.68 Å². The summed E-state index contributed by atoms with van der Waals surface area (Å²) in [6, 6.07) is 6.52. The maximum absolute atomic E-state index is 4.41. The van der Waals surface area contributed by atoms with E-state index >= 15 is 0 Å². The molecule has 0 fully saturated rings. The molecule has 0 spiro atoms. The predicted molar refractivity (Wildman–Crippen MR) is 79.6 cm³/mol. The summed E-state index contributed by atoms with van der Waals surface area (Å²) in [6.45, 7) is 10.6. The van der Waals surface area contributed by atoms with Crippen LogP contribution in [0.3, 0.4) is 0 Å². The minimum Gasteiger partial charge on any atom is -0.312 e. The maximum atomic E-state index is 4.41. The van der Waals surface area contributed by atoms with Crippen LogP contribution in [0.2, 0.25) is 0 Å². The Bertz CT molecular complexity index is 541. The third-order valence-corrected chi connectivity index (χ3v) is 3.06. The molecule has 0 aliphatic heterocycles. The van der Waals surface area contributed by atoms with Gasteiger partial charge in [-0.1, -0.05) is 31.5 Å². The van der Waals surface area contributed by atoms with Gasteiger partial charge in [0.1, 0.15) is 0 Å². The molecule has 1 heterocycles. The average Bonchev–Trinajstić information content (AvgIpc) is 2.75. The van der Waals surface area contributed by atoms with Crippen LogP contribution in [-0.4, -0.2) is 16.3 Å². The van der Waals surface area contributed by atoms with Crippen LogP contribution in [-0.2, 0) is 6.54 Å². The number of nitrogens with one attached hydrogen (secondary N) is 1. The lowest BCUT2D eigenvalue weighted by Gasteiger charge is -2.13. The standard InChI is InChI=1S/C16H23N3/c1-12(2)8-17-10-15-7-13(3)5-6-16(15)19-11-14(4)9-18-19/h5-7,9,11-12,17H,8,10H2,1-4H3. The van der Waals surface area contributed by atoms with Gasteiger partial charge in [0.25, 0.3) is 0 Å². The van der Waals surface area contributed by atoms with Crippen molar-refractivity contribution in [3.8, 4) is 5.69 Å². The van der Waals surface area contributed by atoms with Crippen molar-refractivity contribution >= 4 is 0 Å². The van der Waals surface area contributed by atoms with Gasteiger partial charge in [0, 0.05) is 12.7 Å². The molecule has 102 valence electrons. The Labute approximate surface area is 115 Å². The Morgan fingerprint density at radius 3 is 2.63 bits per heavy atom. The number of benzene rings is 1. The lowest BCUT2D eigenvalue weighted by molar-refractivity contribution is 0.551. The largest absolute Gasteiger partial charge is 0.312 e. The first kappa shape index (κ1) is 13.8. The molecule has 2 aromatic rings. The van der Waals surface area contributed by atoms with E-state index in [-0.39, 0.29) is 0 Å². The van der Waals surface area contributed by atoms with E-state index in [2.05, 4.69) is 62.5 Å². The fraction of sp³-hybridized carbons (Fsp3) is 0.438. The van der Waals surface area contributed by atoms with Gasteiger partial charge in [0.15, 0.2) is 0 Å². The summed E-state index contributed by atoms with van der Waals surface area (Å²) in [5.41, 5.74) is 4.93. The first-order valence-electron chi connectivity index (χ1n) is 6.88. The molecule has 0 aliphatic carbocycles. The summed E-state index contributed by atoms with van der Waals surface area (Å²) in [6.07, 6.45) is 3.96. The molecule has 0 unspecified atom stereocenters. The monoisotopic (exact) mass is 257 g/mol. The van der Waals surface area contributed by atoms with Gasteiger partial charge in [0.05, 0.1) is 11.9 Å². The van der Waals surface area contributed by atoms with Crippen LogP contribution >= 0.6 is 0 Å². The van der Waals surface area contributed by atoms with E-state index in [0.29, 0.717) is 5.92 Å². The summed E-state index contributed by atoms with van der Waals surface area (Å²) >= 11 is 0. The number of aryl methyl sites for hydroxylation is 2. The summed E-state index contributed by atoms with van der Waals surface area (Å²) in [5.74, 6) is 0.667. The van der Waals surface area contributed by atoms with Crippen LogP contribution in [0.5, 0.6) is 0 Å². The van der Waals surface area contributed by atoms with Crippen molar-refractivity contribution in [1.82, 2.24) is 15.1 Å². The van der Waals surface area contributed by atoms with Gasteiger partial charge in [-0.2, -0.15) is 5.10 Å². The molecule has 3 heteroatoms. The zero-order chi connectivity index (χ0) is 13.8. The molecule has 2 rings (SSSR count). The minimum absolute atomic E-state index is 0.667. The number of hydrogen-bond acceptors (Lipinski definition) is 2. The molecule has 0 radical (unpaired) electrons. The minimum atomic E-state index is 0.667. The van der Waals surface area contributed by atoms with Gasteiger partial charge in [-0.15, -0.1) is 0 Å². The van der Waals surface area contributed by atoms with Crippen molar-refractivity contribution in [2.75, 3.05) is 6.54 Å². The second kappa shape index (κ2) is 6.02. The average molecular weight is 257 g/mol. The quantitative estimate of drug-likeness (QED) is 0.891. The molecule has 3 nitrogen and oxygen atoms in total. The number of rotatable bonds is 5. The molecule has 0 aliphatic rings. The molecule has 0 saturated heterocycles. The second-order valence-corrected chi connectivity index (χ2v) is 5.62. The van der Waals surface area contributed by atoms with E-state index in [1.54, 1.807) is 0 Å². The summed E-state index contributed by atoms with van der Waals surface area (Å²) in [4.78, 5) is 0. The molecular formula is C16H23N3. The van der Waals surface area contributed by atoms with Crippen molar-refractivity contribution < 1.29 is 0 Å². The SMILES string of the molecule is Cc1ccc(-n2cc(C)cn2)c(CNCC(C)C)c1. The topological polar surface area (TPSA) is 29.9 Å². The van der Waals surface area contributed by atoms with Gasteiger partial charge >= 0.3 is 0 Å². The fourth-order valence-corrected chi connectivity index (χ4v) is 2.12. The summed E-state index contributed by atoms with van der Waals surface area (Å²) in [5, 5.41) is 7.91. The van der Waals surface area contributed by atoms with Crippen molar-refractivity contribution in [2.45, 2.75) is 34.2 Å². The Kier molecular flexibility index (Phi) is 4.38. The molecule has 1 N–H and O–H groups in total. The molecule has 0 atom stereocenters. The highest BCUT2D eigenvalue weighted by atomic mass is 15.3. The van der Waals surface area contributed by atoms with Crippen molar-refractivity contribution in [3.63, 3.8) is 0 Å². The molecule has 0 saturated carbocycles. The van der Waals surface area contributed by atoms with E-state index in [1.165, 1.54) is 16.7 Å². The smallest absolute Gasteiger partial charge is 0.0690 e.